The monoisotopic (exact) mass is 421 g/mol. The predicted molar refractivity (Wildman–Crippen MR) is 100 cm³/mol. The van der Waals surface area contributed by atoms with Crippen molar-refractivity contribution in [2.75, 3.05) is 13.1 Å². The number of rotatable bonds is 4. The minimum absolute atomic E-state index is 0.0150. The van der Waals surface area contributed by atoms with Crippen LogP contribution in [0.3, 0.4) is 0 Å². The van der Waals surface area contributed by atoms with Gasteiger partial charge in [0, 0.05) is 35.8 Å². The molecule has 1 aliphatic heterocycles. The van der Waals surface area contributed by atoms with Crippen molar-refractivity contribution < 1.29 is 26.9 Å². The number of aromatic nitrogens is 2. The summed E-state index contributed by atoms with van der Waals surface area (Å²) in [5.41, 5.74) is 0.587. The van der Waals surface area contributed by atoms with Crippen LogP contribution in [0.2, 0.25) is 0 Å². The number of carbonyl (C=O) groups is 1. The third-order valence-electron chi connectivity index (χ3n) is 5.44. The number of halogens is 4. The Labute approximate surface area is 169 Å². The minimum Gasteiger partial charge on any atom is -0.342 e. The summed E-state index contributed by atoms with van der Waals surface area (Å²) in [4.78, 5) is 18.6. The van der Waals surface area contributed by atoms with Gasteiger partial charge in [-0.25, -0.2) is 22.5 Å². The van der Waals surface area contributed by atoms with Gasteiger partial charge in [0.2, 0.25) is 5.91 Å². The Morgan fingerprint density at radius 2 is 2.10 bits per heavy atom. The number of fused-ring (bicyclic) bond motifs is 1. The lowest BCUT2D eigenvalue weighted by Gasteiger charge is -2.32. The van der Waals surface area contributed by atoms with Gasteiger partial charge in [-0.2, -0.15) is 0 Å². The smallest absolute Gasteiger partial charge is 0.264 e. The van der Waals surface area contributed by atoms with Gasteiger partial charge in [0.1, 0.15) is 11.6 Å². The van der Waals surface area contributed by atoms with E-state index in [4.69, 9.17) is 4.52 Å². The van der Waals surface area contributed by atoms with Gasteiger partial charge in [0.05, 0.1) is 17.5 Å². The van der Waals surface area contributed by atoms with Gasteiger partial charge in [-0.05, 0) is 44.0 Å². The van der Waals surface area contributed by atoms with E-state index in [0.29, 0.717) is 30.8 Å². The Bertz CT molecular complexity index is 1100. The Balaban J connectivity index is 1.57. The number of pyridine rings is 1. The number of nitrogens with zero attached hydrogens (tertiary/aromatic N) is 3. The van der Waals surface area contributed by atoms with Crippen molar-refractivity contribution >= 4 is 17.0 Å². The molecule has 0 spiro atoms. The van der Waals surface area contributed by atoms with Crippen LogP contribution in [0.5, 0.6) is 0 Å². The van der Waals surface area contributed by atoms with E-state index in [1.165, 1.54) is 11.0 Å². The normalized spacial score (nSPS) is 17.1. The van der Waals surface area contributed by atoms with Crippen LogP contribution in [-0.4, -0.2) is 34.0 Å². The average molecular weight is 421 g/mol. The summed E-state index contributed by atoms with van der Waals surface area (Å²) >= 11 is 0. The molecule has 1 saturated heterocycles. The van der Waals surface area contributed by atoms with Gasteiger partial charge in [0.25, 0.3) is 12.1 Å². The highest BCUT2D eigenvalue weighted by Gasteiger charge is 2.29. The fourth-order valence-electron chi connectivity index (χ4n) is 3.93. The molecule has 2 aromatic heterocycles. The van der Waals surface area contributed by atoms with E-state index in [-0.39, 0.29) is 47.0 Å². The third-order valence-corrected chi connectivity index (χ3v) is 5.44. The number of alkyl halides is 2. The lowest BCUT2D eigenvalue weighted by molar-refractivity contribution is -0.131. The van der Waals surface area contributed by atoms with Crippen LogP contribution >= 0.6 is 0 Å². The first-order valence-electron chi connectivity index (χ1n) is 9.60. The first-order chi connectivity index (χ1) is 14.3. The van der Waals surface area contributed by atoms with Gasteiger partial charge in [-0.3, -0.25) is 4.79 Å². The Hall–Kier alpha value is -2.97. The molecule has 1 amide bonds. The number of hydrogen-bond donors (Lipinski definition) is 0. The van der Waals surface area contributed by atoms with E-state index in [1.54, 1.807) is 6.92 Å². The molecule has 0 aliphatic carbocycles. The summed E-state index contributed by atoms with van der Waals surface area (Å²) < 4.78 is 59.5. The summed E-state index contributed by atoms with van der Waals surface area (Å²) in [6.45, 7) is 2.29. The molecule has 5 nitrogen and oxygen atoms in total. The summed E-state index contributed by atoms with van der Waals surface area (Å²) in [5.74, 6) is -1.88. The van der Waals surface area contributed by atoms with Gasteiger partial charge in [-0.15, -0.1) is 0 Å². The third kappa shape index (κ3) is 3.88. The molecule has 1 atom stereocenters. The van der Waals surface area contributed by atoms with E-state index in [9.17, 15) is 22.4 Å². The predicted octanol–water partition coefficient (Wildman–Crippen LogP) is 4.70. The van der Waals surface area contributed by atoms with E-state index < -0.39 is 18.1 Å². The fourth-order valence-corrected chi connectivity index (χ4v) is 3.93. The second-order valence-corrected chi connectivity index (χ2v) is 7.48. The molecule has 0 radical (unpaired) electrons. The molecule has 1 fully saturated rings. The standard InChI is InChI=1S/C21H19F4N3O2/c1-11-19-15(20(24)25)9-17(26-21(19)30-27-11)12-3-2-6-28(10-12)18(29)8-13-7-14(22)4-5-16(13)23/h4-5,7,9,12,20H,2-3,6,8,10H2,1H3/t12-/m0/s1. The Morgan fingerprint density at radius 1 is 1.30 bits per heavy atom. The number of hydrogen-bond acceptors (Lipinski definition) is 4. The molecule has 9 heteroatoms. The molecule has 158 valence electrons. The first kappa shape index (κ1) is 20.3. The van der Waals surface area contributed by atoms with Gasteiger partial charge in [0.15, 0.2) is 0 Å². The van der Waals surface area contributed by atoms with Crippen molar-refractivity contribution in [2.45, 2.75) is 38.5 Å². The van der Waals surface area contributed by atoms with Crippen molar-refractivity contribution in [3.8, 4) is 0 Å². The summed E-state index contributed by atoms with van der Waals surface area (Å²) in [5, 5.41) is 3.94. The van der Waals surface area contributed by atoms with E-state index in [2.05, 4.69) is 10.1 Å². The second kappa shape index (κ2) is 8.04. The lowest BCUT2D eigenvalue weighted by atomic mass is 9.92. The number of amides is 1. The van der Waals surface area contributed by atoms with E-state index in [1.807, 2.05) is 0 Å². The molecular formula is C21H19F4N3O2. The molecule has 30 heavy (non-hydrogen) atoms. The number of likely N-dealkylation sites (tertiary alicyclic amines) is 1. The highest BCUT2D eigenvalue weighted by atomic mass is 19.3. The molecule has 3 aromatic rings. The molecule has 1 aromatic carbocycles. The van der Waals surface area contributed by atoms with Crippen molar-refractivity contribution in [3.63, 3.8) is 0 Å². The molecule has 0 saturated carbocycles. The highest BCUT2D eigenvalue weighted by Crippen LogP contribution is 2.34. The number of piperidine rings is 1. The fraction of sp³-hybridized carbons (Fsp3) is 0.381. The van der Waals surface area contributed by atoms with E-state index >= 15 is 0 Å². The average Bonchev–Trinajstić information content (AvgIpc) is 3.11. The van der Waals surface area contributed by atoms with Crippen molar-refractivity contribution in [2.24, 2.45) is 0 Å². The zero-order valence-corrected chi connectivity index (χ0v) is 16.2. The Kier molecular flexibility index (Phi) is 5.44. The molecule has 1 aliphatic rings. The van der Waals surface area contributed by atoms with Crippen LogP contribution in [0.15, 0.2) is 28.8 Å². The van der Waals surface area contributed by atoms with Gasteiger partial charge < -0.3 is 9.42 Å². The Morgan fingerprint density at radius 3 is 2.87 bits per heavy atom. The summed E-state index contributed by atoms with van der Waals surface area (Å²) in [6.07, 6.45) is -1.69. The van der Waals surface area contributed by atoms with Crippen molar-refractivity contribution in [1.29, 1.82) is 0 Å². The van der Waals surface area contributed by atoms with Crippen LogP contribution in [0.1, 0.15) is 47.7 Å². The molecule has 0 N–H and O–H groups in total. The second-order valence-electron chi connectivity index (χ2n) is 7.48. The van der Waals surface area contributed by atoms with Crippen LogP contribution in [-0.2, 0) is 11.2 Å². The lowest BCUT2D eigenvalue weighted by Crippen LogP contribution is -2.40. The highest BCUT2D eigenvalue weighted by molar-refractivity contribution is 5.81. The largest absolute Gasteiger partial charge is 0.342 e. The maximum Gasteiger partial charge on any atom is 0.264 e. The molecular weight excluding hydrogens is 402 g/mol. The van der Waals surface area contributed by atoms with E-state index in [0.717, 1.165) is 18.2 Å². The zero-order valence-electron chi connectivity index (χ0n) is 16.2. The van der Waals surface area contributed by atoms with Gasteiger partial charge in [-0.1, -0.05) is 5.16 Å². The summed E-state index contributed by atoms with van der Waals surface area (Å²) in [6, 6.07) is 4.34. The van der Waals surface area contributed by atoms with Crippen LogP contribution in [0.25, 0.3) is 11.1 Å². The molecule has 4 rings (SSSR count). The van der Waals surface area contributed by atoms with Crippen LogP contribution < -0.4 is 0 Å². The van der Waals surface area contributed by atoms with Crippen LogP contribution in [0, 0.1) is 18.6 Å². The molecule has 3 heterocycles. The molecule has 0 unspecified atom stereocenters. The maximum atomic E-state index is 13.9. The topological polar surface area (TPSA) is 59.2 Å². The SMILES string of the molecule is Cc1noc2nc([C@H]3CCCN(C(=O)Cc4cc(F)ccc4F)C3)cc(C(F)F)c12. The molecule has 0 bridgehead atoms. The van der Waals surface area contributed by atoms with Crippen molar-refractivity contribution in [1.82, 2.24) is 15.0 Å². The minimum atomic E-state index is -2.72. The number of benzene rings is 1. The summed E-state index contributed by atoms with van der Waals surface area (Å²) in [7, 11) is 0. The quantitative estimate of drug-likeness (QED) is 0.574. The number of aryl methyl sites for hydroxylation is 1. The van der Waals surface area contributed by atoms with Crippen molar-refractivity contribution in [3.05, 3.63) is 58.4 Å². The maximum absolute atomic E-state index is 13.9. The van der Waals surface area contributed by atoms with Gasteiger partial charge >= 0.3 is 0 Å². The zero-order chi connectivity index (χ0) is 21.4. The first-order valence-corrected chi connectivity index (χ1v) is 9.60. The number of carbonyl (C=O) groups excluding carboxylic acids is 1. The van der Waals surface area contributed by atoms with Crippen LogP contribution in [0.4, 0.5) is 17.6 Å².